The van der Waals surface area contributed by atoms with Crippen molar-refractivity contribution in [1.29, 1.82) is 0 Å². The Bertz CT molecular complexity index is 611. The number of benzene rings is 1. The van der Waals surface area contributed by atoms with Crippen molar-refractivity contribution in [2.24, 2.45) is 5.84 Å². The molecule has 108 valence electrons. The molecule has 0 fully saturated rings. The molecule has 0 aliphatic carbocycles. The van der Waals surface area contributed by atoms with Gasteiger partial charge in [0.05, 0.1) is 16.9 Å². The predicted molar refractivity (Wildman–Crippen MR) is 72.8 cm³/mol. The number of aryl methyl sites for hydroxylation is 1. The fraction of sp³-hybridized carbons (Fsp3) is 0.308. The van der Waals surface area contributed by atoms with Gasteiger partial charge < -0.3 is 10.6 Å². The Hall–Kier alpha value is -2.15. The van der Waals surface area contributed by atoms with Crippen molar-refractivity contribution in [2.45, 2.75) is 26.3 Å². The number of nitrogens with one attached hydrogen (secondary N) is 3. The van der Waals surface area contributed by atoms with Crippen LogP contribution >= 0.6 is 0 Å². The second-order valence-electron chi connectivity index (χ2n) is 5.18. The fourth-order valence-corrected chi connectivity index (χ4v) is 2.09. The Balaban J connectivity index is 2.56. The van der Waals surface area contributed by atoms with Crippen LogP contribution in [0.4, 0.5) is 20.2 Å². The standard InChI is InChI=1S/C13H16F2N4O/c1-6-4-7(14)10(15)12-11(6)17-8(5-9(20)19-16)13(2,3)18-12/h4-5,17-18H,16H2,1-3H3,(H,19,20)/b8-5+. The average Bonchev–Trinajstić information content (AvgIpc) is 2.37. The van der Waals surface area contributed by atoms with Gasteiger partial charge in [-0.05, 0) is 32.4 Å². The van der Waals surface area contributed by atoms with Crippen molar-refractivity contribution < 1.29 is 13.6 Å². The van der Waals surface area contributed by atoms with Gasteiger partial charge in [-0.1, -0.05) is 0 Å². The highest BCUT2D eigenvalue weighted by Gasteiger charge is 2.33. The largest absolute Gasteiger partial charge is 0.370 e. The molecule has 0 aromatic heterocycles. The maximum Gasteiger partial charge on any atom is 0.259 e. The summed E-state index contributed by atoms with van der Waals surface area (Å²) in [7, 11) is 0. The van der Waals surface area contributed by atoms with Gasteiger partial charge in [0, 0.05) is 11.8 Å². The number of carbonyl (C=O) groups excluding carboxylic acids is 1. The number of halogens is 2. The molecule has 1 aliphatic heterocycles. The first-order valence-corrected chi connectivity index (χ1v) is 6.03. The molecule has 1 amide bonds. The van der Waals surface area contributed by atoms with Crippen molar-refractivity contribution in [3.05, 3.63) is 35.0 Å². The van der Waals surface area contributed by atoms with Gasteiger partial charge in [0.2, 0.25) is 0 Å². The monoisotopic (exact) mass is 282 g/mol. The van der Waals surface area contributed by atoms with Crippen LogP contribution < -0.4 is 21.9 Å². The SMILES string of the molecule is Cc1cc(F)c(F)c2c1N/C(=C/C(=O)NN)C(C)(C)N2. The summed E-state index contributed by atoms with van der Waals surface area (Å²) in [6.07, 6.45) is 1.27. The van der Waals surface area contributed by atoms with E-state index < -0.39 is 23.1 Å². The van der Waals surface area contributed by atoms with Gasteiger partial charge in [-0.25, -0.2) is 14.6 Å². The highest BCUT2D eigenvalue weighted by Crippen LogP contribution is 2.40. The lowest BCUT2D eigenvalue weighted by Crippen LogP contribution is -2.42. The molecule has 0 bridgehead atoms. The quantitative estimate of drug-likeness (QED) is 0.274. The van der Waals surface area contributed by atoms with Gasteiger partial charge in [-0.3, -0.25) is 10.2 Å². The fourth-order valence-electron chi connectivity index (χ4n) is 2.09. The summed E-state index contributed by atoms with van der Waals surface area (Å²) >= 11 is 0. The number of rotatable bonds is 1. The van der Waals surface area contributed by atoms with E-state index in [2.05, 4.69) is 10.6 Å². The molecular weight excluding hydrogens is 266 g/mol. The molecule has 1 aromatic carbocycles. The minimum absolute atomic E-state index is 0.0535. The summed E-state index contributed by atoms with van der Waals surface area (Å²) in [4.78, 5) is 11.4. The van der Waals surface area contributed by atoms with E-state index in [1.807, 2.05) is 5.43 Å². The minimum atomic E-state index is -0.950. The van der Waals surface area contributed by atoms with E-state index in [9.17, 15) is 13.6 Å². The van der Waals surface area contributed by atoms with Crippen LogP contribution in [0.1, 0.15) is 19.4 Å². The summed E-state index contributed by atoms with van der Waals surface area (Å²) in [5.41, 5.74) is 2.70. The smallest absolute Gasteiger partial charge is 0.259 e. The van der Waals surface area contributed by atoms with Gasteiger partial charge in [0.25, 0.3) is 5.91 Å². The number of carbonyl (C=O) groups is 1. The summed E-state index contributed by atoms with van der Waals surface area (Å²) in [5.74, 6) is 2.68. The Labute approximate surface area is 115 Å². The maximum atomic E-state index is 13.9. The third-order valence-corrected chi connectivity index (χ3v) is 3.20. The lowest BCUT2D eigenvalue weighted by atomic mass is 9.94. The average molecular weight is 282 g/mol. The van der Waals surface area contributed by atoms with Gasteiger partial charge >= 0.3 is 0 Å². The molecule has 20 heavy (non-hydrogen) atoms. The Kier molecular flexibility index (Phi) is 3.39. The topological polar surface area (TPSA) is 79.2 Å². The molecule has 0 spiro atoms. The van der Waals surface area contributed by atoms with E-state index in [1.165, 1.54) is 6.08 Å². The van der Waals surface area contributed by atoms with Crippen LogP contribution in [0.25, 0.3) is 0 Å². The molecule has 5 N–H and O–H groups in total. The molecule has 0 radical (unpaired) electrons. The highest BCUT2D eigenvalue weighted by atomic mass is 19.2. The van der Waals surface area contributed by atoms with Gasteiger partial charge in [0.15, 0.2) is 11.6 Å². The van der Waals surface area contributed by atoms with E-state index >= 15 is 0 Å². The summed E-state index contributed by atoms with van der Waals surface area (Å²) in [5, 5.41) is 5.86. The van der Waals surface area contributed by atoms with E-state index in [4.69, 9.17) is 5.84 Å². The third-order valence-electron chi connectivity index (χ3n) is 3.20. The van der Waals surface area contributed by atoms with Crippen LogP contribution in [0.3, 0.4) is 0 Å². The zero-order valence-corrected chi connectivity index (χ0v) is 11.4. The van der Waals surface area contributed by atoms with Crippen LogP contribution in [0.2, 0.25) is 0 Å². The zero-order chi connectivity index (χ0) is 15.1. The molecule has 1 aromatic rings. The number of fused-ring (bicyclic) bond motifs is 1. The third kappa shape index (κ3) is 2.32. The Morgan fingerprint density at radius 2 is 2.05 bits per heavy atom. The molecular formula is C13H16F2N4O. The second-order valence-corrected chi connectivity index (χ2v) is 5.18. The van der Waals surface area contributed by atoms with Crippen LogP contribution in [-0.2, 0) is 4.79 Å². The molecule has 5 nitrogen and oxygen atoms in total. The second kappa shape index (κ2) is 4.75. The number of amides is 1. The number of hydrogen-bond acceptors (Lipinski definition) is 4. The number of anilines is 2. The van der Waals surface area contributed by atoms with Crippen LogP contribution in [0, 0.1) is 18.6 Å². The summed E-state index contributed by atoms with van der Waals surface area (Å²) < 4.78 is 27.3. The Morgan fingerprint density at radius 1 is 1.40 bits per heavy atom. The van der Waals surface area contributed by atoms with Gasteiger partial charge in [-0.15, -0.1) is 0 Å². The predicted octanol–water partition coefficient (Wildman–Crippen LogP) is 1.76. The van der Waals surface area contributed by atoms with Crippen molar-refractivity contribution in [3.63, 3.8) is 0 Å². The van der Waals surface area contributed by atoms with Gasteiger partial charge in [-0.2, -0.15) is 0 Å². The van der Waals surface area contributed by atoms with Crippen molar-refractivity contribution >= 4 is 17.3 Å². The first-order chi connectivity index (χ1) is 9.26. The lowest BCUT2D eigenvalue weighted by Gasteiger charge is -2.38. The molecule has 7 heteroatoms. The molecule has 1 heterocycles. The highest BCUT2D eigenvalue weighted by molar-refractivity contribution is 5.90. The zero-order valence-electron chi connectivity index (χ0n) is 11.4. The minimum Gasteiger partial charge on any atom is -0.370 e. The first-order valence-electron chi connectivity index (χ1n) is 6.03. The van der Waals surface area contributed by atoms with E-state index in [0.717, 1.165) is 6.07 Å². The van der Waals surface area contributed by atoms with Crippen LogP contribution in [0.15, 0.2) is 17.8 Å². The van der Waals surface area contributed by atoms with Crippen molar-refractivity contribution in [2.75, 3.05) is 10.6 Å². The molecule has 0 unspecified atom stereocenters. The van der Waals surface area contributed by atoms with Crippen LogP contribution in [-0.4, -0.2) is 11.4 Å². The molecule has 2 rings (SSSR count). The molecule has 1 aliphatic rings. The summed E-state index contributed by atoms with van der Waals surface area (Å²) in [6.45, 7) is 5.12. The van der Waals surface area contributed by atoms with Crippen molar-refractivity contribution in [3.8, 4) is 0 Å². The Morgan fingerprint density at radius 3 is 2.65 bits per heavy atom. The maximum absolute atomic E-state index is 13.9. The van der Waals surface area contributed by atoms with E-state index in [1.54, 1.807) is 20.8 Å². The lowest BCUT2D eigenvalue weighted by molar-refractivity contribution is -0.116. The molecule has 0 atom stereocenters. The van der Waals surface area contributed by atoms with E-state index in [0.29, 0.717) is 16.9 Å². The normalized spacial score (nSPS) is 18.0. The number of hydrogen-bond donors (Lipinski definition) is 4. The number of hydrazine groups is 1. The van der Waals surface area contributed by atoms with E-state index in [-0.39, 0.29) is 5.69 Å². The summed E-state index contributed by atoms with van der Waals surface area (Å²) in [6, 6.07) is 1.10. The molecule has 0 saturated carbocycles. The van der Waals surface area contributed by atoms with Gasteiger partial charge in [0.1, 0.15) is 0 Å². The van der Waals surface area contributed by atoms with Crippen LogP contribution in [0.5, 0.6) is 0 Å². The molecule has 0 saturated heterocycles. The van der Waals surface area contributed by atoms with Crippen molar-refractivity contribution in [1.82, 2.24) is 5.43 Å². The first kappa shape index (κ1) is 14.3. The number of nitrogens with two attached hydrogens (primary N) is 1.